The molecule has 6 nitrogen and oxygen atoms in total. The van der Waals surface area contributed by atoms with Crippen LogP contribution in [0.25, 0.3) is 0 Å². The van der Waals surface area contributed by atoms with Crippen molar-refractivity contribution in [2.75, 3.05) is 19.6 Å². The highest BCUT2D eigenvalue weighted by Gasteiger charge is 2.33. The second-order valence-corrected chi connectivity index (χ2v) is 10.1. The lowest BCUT2D eigenvalue weighted by Gasteiger charge is -2.31. The lowest BCUT2D eigenvalue weighted by Crippen LogP contribution is -2.45. The molecule has 1 heterocycles. The Hall–Kier alpha value is -1.15. The molecule has 1 unspecified atom stereocenters. The number of hydrogen-bond donors (Lipinski definition) is 2. The van der Waals surface area contributed by atoms with Crippen LogP contribution >= 0.6 is 12.4 Å². The van der Waals surface area contributed by atoms with Crippen LogP contribution < -0.4 is 11.1 Å². The van der Waals surface area contributed by atoms with Crippen molar-refractivity contribution in [1.82, 2.24) is 9.62 Å². The van der Waals surface area contributed by atoms with E-state index in [1.54, 1.807) is 6.07 Å². The van der Waals surface area contributed by atoms with Crippen molar-refractivity contribution < 1.29 is 13.2 Å². The quantitative estimate of drug-likeness (QED) is 0.724. The predicted octanol–water partition coefficient (Wildman–Crippen LogP) is 1.85. The fraction of sp³-hybridized carbons (Fsp3) is 0.650. The Morgan fingerprint density at radius 3 is 2.50 bits per heavy atom. The maximum Gasteiger partial charge on any atom is 0.243 e. The molecule has 0 spiro atoms. The van der Waals surface area contributed by atoms with Crippen molar-refractivity contribution in [3.8, 4) is 0 Å². The number of nitrogens with two attached hydrogens (primary N) is 1. The number of carbonyl (C=O) groups is 1. The third kappa shape index (κ3) is 4.53. The number of sulfonamides is 1. The Morgan fingerprint density at radius 1 is 1.14 bits per heavy atom. The van der Waals surface area contributed by atoms with E-state index in [-0.39, 0.29) is 30.3 Å². The molecule has 1 aromatic carbocycles. The minimum atomic E-state index is -3.48. The molecular formula is C20H30ClN3O3S. The molecule has 3 aliphatic rings. The molecule has 2 aliphatic carbocycles. The molecule has 0 radical (unpaired) electrons. The number of halogens is 1. The molecule has 0 aromatic heterocycles. The standard InChI is InChI=1S/C20H29N3O3S.ClH/c21-19(15-4-5-15)13-22-20(24)16-8-10-23(11-9-16)27(25,26)18-7-6-14-2-1-3-17(14)12-18;/h6-7,12,15-16,19H,1-5,8-11,13,21H2,(H,22,24);1H. The Balaban J connectivity index is 0.00000225. The van der Waals surface area contributed by atoms with Crippen molar-refractivity contribution in [2.45, 2.75) is 55.9 Å². The molecule has 28 heavy (non-hydrogen) atoms. The molecule has 8 heteroatoms. The van der Waals surface area contributed by atoms with E-state index in [1.807, 2.05) is 12.1 Å². The van der Waals surface area contributed by atoms with Gasteiger partial charge in [-0.2, -0.15) is 4.31 Å². The normalized spacial score (nSPS) is 21.6. The van der Waals surface area contributed by atoms with E-state index in [4.69, 9.17) is 5.73 Å². The first kappa shape index (κ1) is 21.6. The highest BCUT2D eigenvalue weighted by Crippen LogP contribution is 2.31. The van der Waals surface area contributed by atoms with Gasteiger partial charge in [-0.05, 0) is 74.1 Å². The first-order valence-corrected chi connectivity index (χ1v) is 11.5. The Morgan fingerprint density at radius 2 is 1.82 bits per heavy atom. The molecule has 1 aromatic rings. The molecule has 1 saturated heterocycles. The van der Waals surface area contributed by atoms with Crippen molar-refractivity contribution in [2.24, 2.45) is 17.6 Å². The van der Waals surface area contributed by atoms with Crippen LogP contribution in [0.15, 0.2) is 23.1 Å². The fourth-order valence-electron chi connectivity index (χ4n) is 4.27. The maximum atomic E-state index is 13.0. The van der Waals surface area contributed by atoms with Gasteiger partial charge in [0.05, 0.1) is 4.90 Å². The van der Waals surface area contributed by atoms with Gasteiger partial charge in [-0.3, -0.25) is 4.79 Å². The van der Waals surface area contributed by atoms with Crippen LogP contribution in [0.5, 0.6) is 0 Å². The van der Waals surface area contributed by atoms with E-state index >= 15 is 0 Å². The average molecular weight is 428 g/mol. The molecule has 4 rings (SSSR count). The zero-order valence-corrected chi connectivity index (χ0v) is 17.7. The van der Waals surface area contributed by atoms with Gasteiger partial charge in [0.15, 0.2) is 0 Å². The minimum Gasteiger partial charge on any atom is -0.354 e. The fourth-order valence-corrected chi connectivity index (χ4v) is 5.79. The van der Waals surface area contributed by atoms with Crippen LogP contribution in [0.2, 0.25) is 0 Å². The second-order valence-electron chi connectivity index (χ2n) is 8.21. The number of nitrogens with zero attached hydrogens (tertiary/aromatic N) is 1. The summed E-state index contributed by atoms with van der Waals surface area (Å²) in [6.07, 6.45) is 6.56. The molecule has 1 aliphatic heterocycles. The molecule has 1 amide bonds. The van der Waals surface area contributed by atoms with Gasteiger partial charge in [-0.1, -0.05) is 6.07 Å². The van der Waals surface area contributed by atoms with E-state index in [9.17, 15) is 13.2 Å². The van der Waals surface area contributed by atoms with Gasteiger partial charge in [0.2, 0.25) is 15.9 Å². The van der Waals surface area contributed by atoms with Crippen LogP contribution in [0, 0.1) is 11.8 Å². The summed E-state index contributed by atoms with van der Waals surface area (Å²) >= 11 is 0. The number of nitrogens with one attached hydrogen (secondary N) is 1. The monoisotopic (exact) mass is 427 g/mol. The molecule has 3 N–H and O–H groups in total. The average Bonchev–Trinajstić information content (AvgIpc) is 3.43. The predicted molar refractivity (Wildman–Crippen MR) is 111 cm³/mol. The molecule has 2 fully saturated rings. The van der Waals surface area contributed by atoms with Crippen LogP contribution in [0.3, 0.4) is 0 Å². The van der Waals surface area contributed by atoms with Gasteiger partial charge in [0.1, 0.15) is 0 Å². The third-order valence-corrected chi connectivity index (χ3v) is 8.17. The number of hydrogen-bond acceptors (Lipinski definition) is 4. The highest BCUT2D eigenvalue weighted by molar-refractivity contribution is 7.89. The number of carbonyl (C=O) groups excluding carboxylic acids is 1. The smallest absolute Gasteiger partial charge is 0.243 e. The number of rotatable bonds is 6. The van der Waals surface area contributed by atoms with E-state index < -0.39 is 10.0 Å². The van der Waals surface area contributed by atoms with Gasteiger partial charge in [0.25, 0.3) is 0 Å². The van der Waals surface area contributed by atoms with E-state index in [0.29, 0.717) is 43.3 Å². The van der Waals surface area contributed by atoms with Crippen molar-refractivity contribution in [3.05, 3.63) is 29.3 Å². The van der Waals surface area contributed by atoms with Gasteiger partial charge >= 0.3 is 0 Å². The third-order valence-electron chi connectivity index (χ3n) is 6.27. The summed E-state index contributed by atoms with van der Waals surface area (Å²) < 4.78 is 27.5. The summed E-state index contributed by atoms with van der Waals surface area (Å²) in [6.45, 7) is 1.31. The Kier molecular flexibility index (Phi) is 6.69. The number of fused-ring (bicyclic) bond motifs is 1. The number of aryl methyl sites for hydroxylation is 2. The molecule has 1 saturated carbocycles. The van der Waals surface area contributed by atoms with Gasteiger partial charge in [-0.15, -0.1) is 12.4 Å². The Labute approximate surface area is 173 Å². The van der Waals surface area contributed by atoms with Gasteiger partial charge in [-0.25, -0.2) is 8.42 Å². The second kappa shape index (κ2) is 8.69. The summed E-state index contributed by atoms with van der Waals surface area (Å²) in [4.78, 5) is 12.8. The largest absolute Gasteiger partial charge is 0.354 e. The van der Waals surface area contributed by atoms with E-state index in [1.165, 1.54) is 9.87 Å². The van der Waals surface area contributed by atoms with E-state index in [0.717, 1.165) is 37.7 Å². The lowest BCUT2D eigenvalue weighted by molar-refractivity contribution is -0.126. The summed E-state index contributed by atoms with van der Waals surface area (Å²) in [7, 11) is -3.48. The summed E-state index contributed by atoms with van der Waals surface area (Å²) in [5.74, 6) is 0.452. The summed E-state index contributed by atoms with van der Waals surface area (Å²) in [5, 5.41) is 2.96. The topological polar surface area (TPSA) is 92.5 Å². The lowest BCUT2D eigenvalue weighted by atomic mass is 9.97. The first-order chi connectivity index (χ1) is 12.9. The van der Waals surface area contributed by atoms with Crippen LogP contribution in [-0.2, 0) is 27.7 Å². The van der Waals surface area contributed by atoms with Gasteiger partial charge < -0.3 is 11.1 Å². The van der Waals surface area contributed by atoms with E-state index in [2.05, 4.69) is 5.32 Å². The van der Waals surface area contributed by atoms with Crippen molar-refractivity contribution >= 4 is 28.3 Å². The number of benzene rings is 1. The summed E-state index contributed by atoms with van der Waals surface area (Å²) in [5.41, 5.74) is 8.47. The minimum absolute atomic E-state index is 0. The number of piperidine rings is 1. The Bertz CT molecular complexity index is 818. The number of amides is 1. The molecule has 156 valence electrons. The van der Waals surface area contributed by atoms with Crippen LogP contribution in [-0.4, -0.2) is 44.3 Å². The molecule has 0 bridgehead atoms. The SMILES string of the molecule is Cl.NC(CNC(=O)C1CCN(S(=O)(=O)c2ccc3c(c2)CCC3)CC1)C1CC1. The molecule has 1 atom stereocenters. The van der Waals surface area contributed by atoms with Crippen molar-refractivity contribution in [3.63, 3.8) is 0 Å². The zero-order valence-electron chi connectivity index (χ0n) is 16.1. The molecular weight excluding hydrogens is 398 g/mol. The highest BCUT2D eigenvalue weighted by atomic mass is 35.5. The van der Waals surface area contributed by atoms with Crippen molar-refractivity contribution in [1.29, 1.82) is 0 Å². The first-order valence-electron chi connectivity index (χ1n) is 10.1. The zero-order chi connectivity index (χ0) is 19.0. The maximum absolute atomic E-state index is 13.0. The summed E-state index contributed by atoms with van der Waals surface area (Å²) in [6, 6.07) is 5.58. The van der Waals surface area contributed by atoms with Gasteiger partial charge in [0, 0.05) is 31.6 Å². The van der Waals surface area contributed by atoms with Crippen LogP contribution in [0.4, 0.5) is 0 Å². The van der Waals surface area contributed by atoms with Crippen LogP contribution in [0.1, 0.15) is 43.2 Å².